The van der Waals surface area contributed by atoms with Crippen LogP contribution in [0, 0.1) is 46.8 Å². The number of halogens is 7. The van der Waals surface area contributed by atoms with Crippen LogP contribution in [-0.4, -0.2) is 68.1 Å². The van der Waals surface area contributed by atoms with E-state index in [9.17, 15) is 42.3 Å². The van der Waals surface area contributed by atoms with Crippen molar-refractivity contribution in [2.24, 2.45) is 17.8 Å². The number of aliphatic carboxylic acids is 1. The van der Waals surface area contributed by atoms with Crippen LogP contribution in [0.15, 0.2) is 29.8 Å². The summed E-state index contributed by atoms with van der Waals surface area (Å²) in [5, 5.41) is 20.2. The minimum Gasteiger partial charge on any atom is -0.504 e. The number of benzene rings is 2. The van der Waals surface area contributed by atoms with E-state index >= 15 is 8.78 Å². The van der Waals surface area contributed by atoms with Gasteiger partial charge in [0, 0.05) is 24.4 Å². The van der Waals surface area contributed by atoms with Crippen LogP contribution in [0.3, 0.4) is 0 Å². The minimum absolute atomic E-state index is 0.0383. The molecule has 3 fully saturated rings. The lowest BCUT2D eigenvalue weighted by molar-refractivity contribution is -0.141. The lowest BCUT2D eigenvalue weighted by Gasteiger charge is -2.50. The summed E-state index contributed by atoms with van der Waals surface area (Å²) >= 11 is 14.1. The van der Waals surface area contributed by atoms with Crippen LogP contribution in [0.1, 0.15) is 50.0 Å². The Hall–Kier alpha value is -4.24. The van der Waals surface area contributed by atoms with Gasteiger partial charge >= 0.3 is 5.97 Å². The second-order valence-electron chi connectivity index (χ2n) is 12.6. The van der Waals surface area contributed by atoms with Crippen molar-refractivity contribution >= 4 is 58.5 Å². The van der Waals surface area contributed by atoms with Gasteiger partial charge in [-0.3, -0.25) is 28.9 Å². The molecule has 1 saturated carbocycles. The van der Waals surface area contributed by atoms with Crippen molar-refractivity contribution < 1.29 is 60.9 Å². The summed E-state index contributed by atoms with van der Waals surface area (Å²) in [5.74, 6) is -23.6. The van der Waals surface area contributed by atoms with Gasteiger partial charge in [-0.2, -0.15) is 0 Å². The largest absolute Gasteiger partial charge is 0.504 e. The quantitative estimate of drug-likeness (QED) is 0.0670. The predicted molar refractivity (Wildman–Crippen MR) is 164 cm³/mol. The Kier molecular flexibility index (Phi) is 8.91. The van der Waals surface area contributed by atoms with E-state index in [2.05, 4.69) is 0 Å². The molecule has 2 N–H and O–H groups in total. The second kappa shape index (κ2) is 12.5. The number of amides is 4. The topological polar surface area (TPSA) is 142 Å². The van der Waals surface area contributed by atoms with Crippen LogP contribution >= 0.6 is 23.2 Å². The van der Waals surface area contributed by atoms with Gasteiger partial charge in [0.25, 0.3) is 11.8 Å². The van der Waals surface area contributed by atoms with Crippen LogP contribution in [0.25, 0.3) is 0 Å². The first-order chi connectivity index (χ1) is 23.5. The number of phenols is 1. The first kappa shape index (κ1) is 35.6. The fraction of sp³-hybridized carbons (Fsp3) is 0.424. The van der Waals surface area contributed by atoms with E-state index in [0.29, 0.717) is 19.3 Å². The number of carbonyl (C=O) groups excluding carboxylic acids is 4. The number of nitrogens with zero attached hydrogens (tertiary/aromatic N) is 2. The Morgan fingerprint density at radius 2 is 1.56 bits per heavy atom. The maximum atomic E-state index is 15.2. The van der Waals surface area contributed by atoms with E-state index in [0.717, 1.165) is 4.90 Å². The zero-order chi connectivity index (χ0) is 36.6. The number of allylic oxidation sites excluding steroid dienone is 2. The number of alkyl halides is 2. The highest BCUT2D eigenvalue weighted by molar-refractivity contribution is 6.58. The standard InChI is InChI=1S/C33H27Cl2F5N2O8/c1-50-17-7-5-6-15(27(17)45)20-13-9-10-14-19(29(47)41(28(14)46)11-4-2-3-8-18(43)44)16(13)12-32(34)30(48)42(31(49)33(20,32)35)26-24(39)22(37)21(36)23(38)25(26)40/h5-7,9,14,16,19-20,45H,2-4,8,10-12H2,1H3,(H,43,44). The zero-order valence-electron chi connectivity index (χ0n) is 26.0. The monoisotopic (exact) mass is 744 g/mol. The third-order valence-corrected chi connectivity index (χ3v) is 11.6. The van der Waals surface area contributed by atoms with Gasteiger partial charge in [-0.25, -0.2) is 26.9 Å². The highest BCUT2D eigenvalue weighted by Gasteiger charge is 2.77. The summed E-state index contributed by atoms with van der Waals surface area (Å²) < 4.78 is 78.3. The third kappa shape index (κ3) is 4.83. The van der Waals surface area contributed by atoms with E-state index in [-0.39, 0.29) is 41.2 Å². The lowest BCUT2D eigenvalue weighted by atomic mass is 9.56. The molecule has 2 aliphatic heterocycles. The Balaban J connectivity index is 1.49. The molecule has 6 rings (SSSR count). The molecular weight excluding hydrogens is 718 g/mol. The molecule has 2 saturated heterocycles. The number of carboxylic acids is 1. The second-order valence-corrected chi connectivity index (χ2v) is 13.9. The molecule has 10 nitrogen and oxygen atoms in total. The number of aromatic hydroxyl groups is 1. The normalized spacial score (nSPS) is 28.8. The average molecular weight is 745 g/mol. The molecule has 266 valence electrons. The SMILES string of the molecule is COc1cccc(C2C3=CCC4C(=O)N(CCCCCC(=O)O)C(=O)C4C3CC3(Cl)C(=O)N(c4c(F)c(F)c(F)c(F)c4F)C(=O)C23Cl)c1O. The fourth-order valence-corrected chi connectivity index (χ4v) is 8.78. The van der Waals surface area contributed by atoms with E-state index in [1.165, 1.54) is 31.4 Å². The van der Waals surface area contributed by atoms with Crippen molar-refractivity contribution in [1.82, 2.24) is 4.90 Å². The van der Waals surface area contributed by atoms with Crippen molar-refractivity contribution in [3.63, 3.8) is 0 Å². The molecular formula is C33H27Cl2F5N2O8. The molecule has 0 spiro atoms. The molecule has 17 heteroatoms. The number of methoxy groups -OCH3 is 1. The molecule has 2 aromatic rings. The number of fused-ring (bicyclic) bond motifs is 4. The van der Waals surface area contributed by atoms with Crippen molar-refractivity contribution in [3.05, 3.63) is 64.5 Å². The number of ether oxygens (including phenoxy) is 1. The fourth-order valence-electron chi connectivity index (χ4n) is 7.86. The van der Waals surface area contributed by atoms with Gasteiger partial charge in [0.15, 0.2) is 44.5 Å². The Morgan fingerprint density at radius 1 is 0.920 bits per heavy atom. The van der Waals surface area contributed by atoms with Gasteiger partial charge < -0.3 is 14.9 Å². The van der Waals surface area contributed by atoms with E-state index < -0.39 is 110 Å². The van der Waals surface area contributed by atoms with E-state index in [1.54, 1.807) is 0 Å². The van der Waals surface area contributed by atoms with Crippen LogP contribution in [0.2, 0.25) is 0 Å². The first-order valence-electron chi connectivity index (χ1n) is 15.5. The number of para-hydroxylation sites is 1. The van der Waals surface area contributed by atoms with Crippen LogP contribution in [0.5, 0.6) is 11.5 Å². The molecule has 0 aromatic heterocycles. The Morgan fingerprint density at radius 3 is 2.18 bits per heavy atom. The number of imide groups is 2. The average Bonchev–Trinajstić information content (AvgIpc) is 3.41. The van der Waals surface area contributed by atoms with Crippen molar-refractivity contribution in [2.45, 2.75) is 54.2 Å². The summed E-state index contributed by atoms with van der Waals surface area (Å²) in [7, 11) is 1.21. The first-order valence-corrected chi connectivity index (χ1v) is 16.2. The zero-order valence-corrected chi connectivity index (χ0v) is 27.5. The smallest absolute Gasteiger partial charge is 0.303 e. The molecule has 0 radical (unpaired) electrons. The van der Waals surface area contributed by atoms with Crippen molar-refractivity contribution in [3.8, 4) is 11.5 Å². The number of hydrogen-bond donors (Lipinski definition) is 2. The summed E-state index contributed by atoms with van der Waals surface area (Å²) in [6, 6.07) is 4.03. The summed E-state index contributed by atoms with van der Waals surface area (Å²) in [6.45, 7) is -0.0383. The van der Waals surface area contributed by atoms with Gasteiger partial charge in [-0.1, -0.05) is 30.2 Å². The highest BCUT2D eigenvalue weighted by atomic mass is 35.5. The van der Waals surface area contributed by atoms with Crippen LogP contribution < -0.4 is 9.64 Å². The molecule has 0 bridgehead atoms. The summed E-state index contributed by atoms with van der Waals surface area (Å²) in [4.78, 5) is 62.1. The maximum Gasteiger partial charge on any atom is 0.303 e. The maximum absolute atomic E-state index is 15.2. The van der Waals surface area contributed by atoms with Gasteiger partial charge in [-0.15, -0.1) is 23.2 Å². The number of hydrogen-bond acceptors (Lipinski definition) is 7. The lowest BCUT2D eigenvalue weighted by Crippen LogP contribution is -2.60. The van der Waals surface area contributed by atoms with Crippen molar-refractivity contribution in [2.75, 3.05) is 18.6 Å². The van der Waals surface area contributed by atoms with E-state index in [4.69, 9.17) is 33.0 Å². The molecule has 6 atom stereocenters. The third-order valence-electron chi connectivity index (χ3n) is 10.1. The number of rotatable bonds is 9. The van der Waals surface area contributed by atoms with E-state index in [1.807, 2.05) is 0 Å². The number of carbonyl (C=O) groups is 5. The highest BCUT2D eigenvalue weighted by Crippen LogP contribution is 2.67. The molecule has 4 aliphatic rings. The molecule has 4 amide bonds. The summed E-state index contributed by atoms with van der Waals surface area (Å²) in [5.41, 5.74) is -1.91. The predicted octanol–water partition coefficient (Wildman–Crippen LogP) is 5.30. The van der Waals surface area contributed by atoms with Gasteiger partial charge in [0.2, 0.25) is 17.6 Å². The number of anilines is 1. The van der Waals surface area contributed by atoms with Gasteiger partial charge in [0.05, 0.1) is 18.9 Å². The number of carboxylic acid groups (broad SMARTS) is 1. The van der Waals surface area contributed by atoms with Crippen LogP contribution in [-0.2, 0) is 24.0 Å². The van der Waals surface area contributed by atoms with Crippen LogP contribution in [0.4, 0.5) is 27.6 Å². The number of unbranched alkanes of at least 4 members (excludes halogenated alkanes) is 2. The molecule has 2 heterocycles. The number of phenolic OH excluding ortho intramolecular Hbond substituents is 1. The molecule has 2 aromatic carbocycles. The van der Waals surface area contributed by atoms with Crippen molar-refractivity contribution in [1.29, 1.82) is 0 Å². The molecule has 50 heavy (non-hydrogen) atoms. The molecule has 6 unspecified atom stereocenters. The number of likely N-dealkylation sites (tertiary alicyclic amines) is 1. The van der Waals surface area contributed by atoms with Gasteiger partial charge in [-0.05, 0) is 37.7 Å². The Bertz CT molecular complexity index is 1880. The minimum atomic E-state index is -2.79. The molecule has 2 aliphatic carbocycles. The summed E-state index contributed by atoms with van der Waals surface area (Å²) in [6.07, 6.45) is 1.65. The van der Waals surface area contributed by atoms with Gasteiger partial charge in [0.1, 0.15) is 5.69 Å². The Labute approximate surface area is 290 Å².